The fourth-order valence-corrected chi connectivity index (χ4v) is 3.28. The number of carbonyl (C=O) groups is 1. The summed E-state index contributed by atoms with van der Waals surface area (Å²) in [5, 5.41) is 0. The van der Waals surface area contributed by atoms with E-state index in [0.29, 0.717) is 6.54 Å². The Hall–Kier alpha value is -0.880. The van der Waals surface area contributed by atoms with Gasteiger partial charge in [-0.15, -0.1) is 0 Å². The van der Waals surface area contributed by atoms with Crippen molar-refractivity contribution in [2.75, 3.05) is 13.6 Å². The molecule has 1 amide bonds. The minimum absolute atomic E-state index is 0.164. The van der Waals surface area contributed by atoms with E-state index in [0.717, 1.165) is 38.5 Å². The van der Waals surface area contributed by atoms with Crippen LogP contribution in [0.2, 0.25) is 0 Å². The lowest BCUT2D eigenvalue weighted by molar-refractivity contribution is -0.120. The molecule has 0 aromatic rings. The largest absolute Gasteiger partial charge is 0.303 e. The van der Waals surface area contributed by atoms with Gasteiger partial charge in [-0.2, -0.15) is 12.7 Å². The number of nitrogens with zero attached hydrogens (tertiary/aromatic N) is 1. The second-order valence-corrected chi connectivity index (χ2v) is 7.21. The van der Waals surface area contributed by atoms with Crippen molar-refractivity contribution in [3.05, 3.63) is 12.2 Å². The van der Waals surface area contributed by atoms with Crippen molar-refractivity contribution in [2.45, 2.75) is 38.5 Å². The van der Waals surface area contributed by atoms with Gasteiger partial charge in [-0.05, 0) is 31.6 Å². The van der Waals surface area contributed by atoms with E-state index in [-0.39, 0.29) is 17.7 Å². The molecule has 5 nitrogen and oxygen atoms in total. The van der Waals surface area contributed by atoms with Crippen LogP contribution < -0.4 is 4.72 Å². The Morgan fingerprint density at radius 2 is 2.00 bits per heavy atom. The van der Waals surface area contributed by atoms with Crippen molar-refractivity contribution < 1.29 is 13.2 Å². The number of carbonyl (C=O) groups excluding carboxylic acids is 1. The monoisotopic (exact) mass is 286 g/mol. The van der Waals surface area contributed by atoms with Gasteiger partial charge < -0.3 is 0 Å². The van der Waals surface area contributed by atoms with Gasteiger partial charge in [0.2, 0.25) is 5.91 Å². The molecule has 0 spiro atoms. The zero-order valence-electron chi connectivity index (χ0n) is 11.3. The first-order chi connectivity index (χ1) is 9.00. The van der Waals surface area contributed by atoms with E-state index in [2.05, 4.69) is 16.9 Å². The number of fused-ring (bicyclic) bond motifs is 1. The van der Waals surface area contributed by atoms with Crippen LogP contribution in [0.1, 0.15) is 38.5 Å². The Morgan fingerprint density at radius 1 is 1.26 bits per heavy atom. The third kappa shape index (κ3) is 4.04. The highest BCUT2D eigenvalue weighted by molar-refractivity contribution is 7.87. The molecule has 1 aliphatic heterocycles. The lowest BCUT2D eigenvalue weighted by Crippen LogP contribution is -2.42. The average Bonchev–Trinajstić information content (AvgIpc) is 3.10. The molecule has 2 atom stereocenters. The molecule has 2 aliphatic rings. The Kier molecular flexibility index (Phi) is 4.62. The molecule has 0 aromatic heterocycles. The molecule has 1 fully saturated rings. The maximum atomic E-state index is 11.9. The normalized spacial score (nSPS) is 34.7. The summed E-state index contributed by atoms with van der Waals surface area (Å²) in [4.78, 5) is 11.8. The molecule has 1 heterocycles. The van der Waals surface area contributed by atoms with Crippen LogP contribution in [0.5, 0.6) is 0 Å². The highest BCUT2D eigenvalue weighted by Crippen LogP contribution is 2.40. The van der Waals surface area contributed by atoms with E-state index in [9.17, 15) is 13.2 Å². The van der Waals surface area contributed by atoms with E-state index < -0.39 is 10.2 Å². The standard InChI is InChI=1S/C13H22N2O3S/c1-15-9-7-5-3-2-4-6-8-11-10-12(11)13(16)14-19(15,17)18/h6,8,11-12H,2-5,7,9-10H2,1H3,(H,14,16)/b8-6+/t11-,12+/m1/s1. The maximum absolute atomic E-state index is 11.9. The molecular weight excluding hydrogens is 264 g/mol. The summed E-state index contributed by atoms with van der Waals surface area (Å²) >= 11 is 0. The summed E-state index contributed by atoms with van der Waals surface area (Å²) in [6.45, 7) is 0.465. The average molecular weight is 286 g/mol. The van der Waals surface area contributed by atoms with Gasteiger partial charge in [0.25, 0.3) is 0 Å². The zero-order valence-corrected chi connectivity index (χ0v) is 12.2. The van der Waals surface area contributed by atoms with Crippen LogP contribution in [0.25, 0.3) is 0 Å². The number of hydrogen-bond acceptors (Lipinski definition) is 3. The third-order valence-electron chi connectivity index (χ3n) is 3.79. The molecule has 0 unspecified atom stereocenters. The minimum Gasteiger partial charge on any atom is -0.274 e. The Labute approximate surface area is 115 Å². The first-order valence-electron chi connectivity index (χ1n) is 6.95. The zero-order chi connectivity index (χ0) is 13.9. The Morgan fingerprint density at radius 3 is 2.79 bits per heavy atom. The summed E-state index contributed by atoms with van der Waals surface area (Å²) in [5.41, 5.74) is 0. The van der Waals surface area contributed by atoms with Crippen molar-refractivity contribution in [2.24, 2.45) is 11.8 Å². The van der Waals surface area contributed by atoms with Crippen LogP contribution in [0.3, 0.4) is 0 Å². The second-order valence-electron chi connectivity index (χ2n) is 5.43. The molecule has 1 saturated carbocycles. The molecule has 6 heteroatoms. The topological polar surface area (TPSA) is 66.5 Å². The molecule has 108 valence electrons. The summed E-state index contributed by atoms with van der Waals surface area (Å²) in [6, 6.07) is 0. The van der Waals surface area contributed by atoms with Gasteiger partial charge in [0.15, 0.2) is 0 Å². The van der Waals surface area contributed by atoms with Gasteiger partial charge in [0.1, 0.15) is 0 Å². The van der Waals surface area contributed by atoms with E-state index in [4.69, 9.17) is 0 Å². The molecule has 1 N–H and O–H groups in total. The van der Waals surface area contributed by atoms with Crippen LogP contribution >= 0.6 is 0 Å². The molecule has 0 bridgehead atoms. The summed E-state index contributed by atoms with van der Waals surface area (Å²) in [7, 11) is -2.14. The Balaban J connectivity index is 2.03. The van der Waals surface area contributed by atoms with Crippen molar-refractivity contribution in [1.29, 1.82) is 0 Å². The van der Waals surface area contributed by atoms with Gasteiger partial charge in [0, 0.05) is 19.5 Å². The molecule has 1 aliphatic carbocycles. The lowest BCUT2D eigenvalue weighted by Gasteiger charge is -2.17. The fraction of sp³-hybridized carbons (Fsp3) is 0.769. The fourth-order valence-electron chi connectivity index (χ4n) is 2.35. The van der Waals surface area contributed by atoms with E-state index in [1.165, 1.54) is 11.4 Å². The first-order valence-corrected chi connectivity index (χ1v) is 8.39. The lowest BCUT2D eigenvalue weighted by atomic mass is 10.1. The smallest absolute Gasteiger partial charge is 0.274 e. The molecule has 0 radical (unpaired) electrons. The van der Waals surface area contributed by atoms with Gasteiger partial charge in [-0.3, -0.25) is 4.79 Å². The van der Waals surface area contributed by atoms with Gasteiger partial charge >= 0.3 is 10.2 Å². The number of allylic oxidation sites excluding steroid dienone is 2. The minimum atomic E-state index is -3.66. The molecule has 0 aromatic carbocycles. The van der Waals surface area contributed by atoms with Gasteiger partial charge in [-0.1, -0.05) is 25.0 Å². The highest BCUT2D eigenvalue weighted by atomic mass is 32.2. The van der Waals surface area contributed by atoms with E-state index >= 15 is 0 Å². The van der Waals surface area contributed by atoms with Crippen LogP contribution in [0.15, 0.2) is 12.2 Å². The predicted octanol–water partition coefficient (Wildman–Crippen LogP) is 1.44. The summed E-state index contributed by atoms with van der Waals surface area (Å²) < 4.78 is 27.3. The molecule has 0 saturated heterocycles. The van der Waals surface area contributed by atoms with Crippen molar-refractivity contribution >= 4 is 16.1 Å². The first kappa shape index (κ1) is 14.5. The SMILES string of the molecule is CN1CCCCCC/C=C/[C@@H]2C[C@@H]2C(=O)NS1(=O)=O. The van der Waals surface area contributed by atoms with E-state index in [1.807, 2.05) is 0 Å². The molecule has 2 rings (SSSR count). The number of nitrogens with one attached hydrogen (secondary N) is 1. The number of hydrogen-bond donors (Lipinski definition) is 1. The number of amides is 1. The van der Waals surface area contributed by atoms with Crippen molar-refractivity contribution in [1.82, 2.24) is 9.03 Å². The van der Waals surface area contributed by atoms with Crippen molar-refractivity contribution in [3.63, 3.8) is 0 Å². The molecule has 19 heavy (non-hydrogen) atoms. The van der Waals surface area contributed by atoms with Crippen LogP contribution in [0, 0.1) is 11.8 Å². The summed E-state index contributed by atoms with van der Waals surface area (Å²) in [6.07, 6.45) is 10.1. The third-order valence-corrected chi connectivity index (χ3v) is 5.26. The summed E-state index contributed by atoms with van der Waals surface area (Å²) in [5.74, 6) is -0.302. The quantitative estimate of drug-likeness (QED) is 0.685. The van der Waals surface area contributed by atoms with Crippen LogP contribution in [-0.2, 0) is 15.0 Å². The second kappa shape index (κ2) is 6.05. The van der Waals surface area contributed by atoms with Crippen molar-refractivity contribution in [3.8, 4) is 0 Å². The van der Waals surface area contributed by atoms with E-state index in [1.54, 1.807) is 0 Å². The van der Waals surface area contributed by atoms with Crippen LogP contribution in [0.4, 0.5) is 0 Å². The van der Waals surface area contributed by atoms with Gasteiger partial charge in [0.05, 0.1) is 0 Å². The predicted molar refractivity (Wildman–Crippen MR) is 73.5 cm³/mol. The van der Waals surface area contributed by atoms with Crippen LogP contribution in [-0.4, -0.2) is 32.2 Å². The molecular formula is C13H22N2O3S. The number of rotatable bonds is 0. The Bertz CT molecular complexity index is 459. The highest BCUT2D eigenvalue weighted by Gasteiger charge is 2.42. The maximum Gasteiger partial charge on any atom is 0.303 e. The van der Waals surface area contributed by atoms with Gasteiger partial charge in [-0.25, -0.2) is 4.72 Å².